The number of aliphatic hydroxyl groups excluding tert-OH is 1. The molecular formula is C7H10O2. The Morgan fingerprint density at radius 3 is 3.00 bits per heavy atom. The lowest BCUT2D eigenvalue weighted by Crippen LogP contribution is -2.28. The van der Waals surface area contributed by atoms with E-state index >= 15 is 0 Å². The van der Waals surface area contributed by atoms with E-state index in [9.17, 15) is 0 Å². The van der Waals surface area contributed by atoms with E-state index in [1.165, 1.54) is 0 Å². The third-order valence-corrected chi connectivity index (χ3v) is 1.29. The molecule has 0 spiro atoms. The summed E-state index contributed by atoms with van der Waals surface area (Å²) in [4.78, 5) is 0. The Hall–Kier alpha value is -0.600. The molecule has 2 heteroatoms. The summed E-state index contributed by atoms with van der Waals surface area (Å²) in [5.41, 5.74) is 0. The van der Waals surface area contributed by atoms with Crippen molar-refractivity contribution < 1.29 is 9.84 Å². The van der Waals surface area contributed by atoms with Crippen LogP contribution in [0, 0.1) is 0 Å². The first-order valence-corrected chi connectivity index (χ1v) is 2.93. The minimum atomic E-state index is -0.503. The predicted molar refractivity (Wildman–Crippen MR) is 35.1 cm³/mol. The highest BCUT2D eigenvalue weighted by Crippen LogP contribution is 2.06. The summed E-state index contributed by atoms with van der Waals surface area (Å²) in [5, 5.41) is 9.09. The van der Waals surface area contributed by atoms with Gasteiger partial charge in [-0.3, -0.25) is 0 Å². The van der Waals surface area contributed by atoms with Gasteiger partial charge in [-0.2, -0.15) is 0 Å². The van der Waals surface area contributed by atoms with Gasteiger partial charge in [-0.25, -0.2) is 0 Å². The average molecular weight is 126 g/mol. The maximum absolute atomic E-state index is 9.09. The van der Waals surface area contributed by atoms with Gasteiger partial charge in [-0.1, -0.05) is 18.2 Å². The predicted octanol–water partition coefficient (Wildman–Crippen LogP) is 0.488. The molecule has 0 aromatic carbocycles. The van der Waals surface area contributed by atoms with Crippen LogP contribution in [0.15, 0.2) is 24.8 Å². The van der Waals surface area contributed by atoms with Gasteiger partial charge in [-0.05, 0) is 0 Å². The quantitative estimate of drug-likeness (QED) is 0.518. The lowest BCUT2D eigenvalue weighted by atomic mass is 10.1. The zero-order valence-corrected chi connectivity index (χ0v) is 5.16. The normalized spacial score (nSPS) is 34.3. The Kier molecular flexibility index (Phi) is 2.03. The van der Waals surface area contributed by atoms with E-state index in [0.717, 1.165) is 0 Å². The zero-order chi connectivity index (χ0) is 6.69. The Bertz CT molecular complexity index is 129. The van der Waals surface area contributed by atoms with Gasteiger partial charge in [0.15, 0.2) is 0 Å². The highest BCUT2D eigenvalue weighted by molar-refractivity contribution is 5.02. The Balaban J connectivity index is 2.54. The number of aliphatic hydroxyl groups is 1. The molecule has 0 amide bonds. The molecule has 0 aromatic heterocycles. The molecule has 2 nitrogen and oxygen atoms in total. The van der Waals surface area contributed by atoms with Crippen LogP contribution in [0.5, 0.6) is 0 Å². The lowest BCUT2D eigenvalue weighted by Gasteiger charge is -2.19. The van der Waals surface area contributed by atoms with Crippen LogP contribution in [0.2, 0.25) is 0 Å². The third-order valence-electron chi connectivity index (χ3n) is 1.29. The van der Waals surface area contributed by atoms with E-state index in [-0.39, 0.29) is 6.10 Å². The summed E-state index contributed by atoms with van der Waals surface area (Å²) < 4.78 is 5.08. The fraction of sp³-hybridized carbons (Fsp3) is 0.429. The van der Waals surface area contributed by atoms with E-state index in [1.807, 2.05) is 0 Å². The van der Waals surface area contributed by atoms with E-state index in [2.05, 4.69) is 6.58 Å². The van der Waals surface area contributed by atoms with Gasteiger partial charge in [0.1, 0.15) is 12.2 Å². The number of rotatable bonds is 1. The SMILES string of the molecule is C=CC1OCC=CC1O. The minimum Gasteiger partial charge on any atom is -0.386 e. The second-order valence-corrected chi connectivity index (χ2v) is 1.95. The molecule has 1 N–H and O–H groups in total. The van der Waals surface area contributed by atoms with E-state index < -0.39 is 6.10 Å². The van der Waals surface area contributed by atoms with Crippen LogP contribution in [0.1, 0.15) is 0 Å². The van der Waals surface area contributed by atoms with Crippen LogP contribution < -0.4 is 0 Å². The molecule has 2 atom stereocenters. The fourth-order valence-corrected chi connectivity index (χ4v) is 0.777. The first kappa shape index (κ1) is 6.52. The molecule has 0 bridgehead atoms. The van der Waals surface area contributed by atoms with Gasteiger partial charge in [-0.15, -0.1) is 6.58 Å². The summed E-state index contributed by atoms with van der Waals surface area (Å²) in [6.45, 7) is 4.09. The van der Waals surface area contributed by atoms with Crippen LogP contribution in [-0.2, 0) is 4.74 Å². The third kappa shape index (κ3) is 1.40. The summed E-state index contributed by atoms with van der Waals surface area (Å²) in [6, 6.07) is 0. The van der Waals surface area contributed by atoms with Gasteiger partial charge in [0.05, 0.1) is 6.61 Å². The minimum absolute atomic E-state index is 0.213. The molecule has 9 heavy (non-hydrogen) atoms. The topological polar surface area (TPSA) is 29.5 Å². The van der Waals surface area contributed by atoms with Crippen molar-refractivity contribution in [2.75, 3.05) is 6.61 Å². The molecule has 50 valence electrons. The van der Waals surface area contributed by atoms with Crippen LogP contribution in [0.3, 0.4) is 0 Å². The average Bonchev–Trinajstić information content (AvgIpc) is 1.89. The number of ether oxygens (including phenoxy) is 1. The van der Waals surface area contributed by atoms with Gasteiger partial charge in [0.2, 0.25) is 0 Å². The molecule has 0 fully saturated rings. The van der Waals surface area contributed by atoms with Crippen molar-refractivity contribution in [1.82, 2.24) is 0 Å². The first-order chi connectivity index (χ1) is 4.34. The van der Waals surface area contributed by atoms with Crippen molar-refractivity contribution in [3.8, 4) is 0 Å². The molecule has 0 saturated heterocycles. The molecule has 1 aliphatic heterocycles. The van der Waals surface area contributed by atoms with Gasteiger partial charge < -0.3 is 9.84 Å². The molecule has 0 aromatic rings. The molecule has 1 rings (SSSR count). The van der Waals surface area contributed by atoms with Crippen molar-refractivity contribution in [3.05, 3.63) is 24.8 Å². The Morgan fingerprint density at radius 1 is 1.78 bits per heavy atom. The summed E-state index contributed by atoms with van der Waals surface area (Å²) in [7, 11) is 0. The summed E-state index contributed by atoms with van der Waals surface area (Å²) in [6.07, 6.45) is 4.40. The van der Waals surface area contributed by atoms with Crippen LogP contribution in [0.25, 0.3) is 0 Å². The summed E-state index contributed by atoms with van der Waals surface area (Å²) >= 11 is 0. The molecule has 2 unspecified atom stereocenters. The largest absolute Gasteiger partial charge is 0.386 e. The fourth-order valence-electron chi connectivity index (χ4n) is 0.777. The maximum Gasteiger partial charge on any atom is 0.105 e. The van der Waals surface area contributed by atoms with Gasteiger partial charge >= 0.3 is 0 Å². The molecule has 0 radical (unpaired) electrons. The second kappa shape index (κ2) is 2.80. The lowest BCUT2D eigenvalue weighted by molar-refractivity contribution is 0.0141. The number of hydrogen-bond acceptors (Lipinski definition) is 2. The van der Waals surface area contributed by atoms with E-state index in [4.69, 9.17) is 9.84 Å². The van der Waals surface area contributed by atoms with Crippen molar-refractivity contribution >= 4 is 0 Å². The standard InChI is InChI=1S/C7H10O2/c1-2-7-6(8)4-3-5-9-7/h2-4,6-8H,1,5H2. The molecule has 1 aliphatic rings. The zero-order valence-electron chi connectivity index (χ0n) is 5.16. The van der Waals surface area contributed by atoms with Crippen molar-refractivity contribution in [1.29, 1.82) is 0 Å². The monoisotopic (exact) mass is 126 g/mol. The number of hydrogen-bond donors (Lipinski definition) is 1. The molecule has 0 saturated carbocycles. The van der Waals surface area contributed by atoms with Gasteiger partial charge in [0, 0.05) is 0 Å². The van der Waals surface area contributed by atoms with E-state index in [0.29, 0.717) is 6.61 Å². The summed E-state index contributed by atoms with van der Waals surface area (Å²) in [5.74, 6) is 0. The van der Waals surface area contributed by atoms with Crippen molar-refractivity contribution in [2.45, 2.75) is 12.2 Å². The highest BCUT2D eigenvalue weighted by atomic mass is 16.5. The highest BCUT2D eigenvalue weighted by Gasteiger charge is 2.15. The smallest absolute Gasteiger partial charge is 0.105 e. The Morgan fingerprint density at radius 2 is 2.56 bits per heavy atom. The van der Waals surface area contributed by atoms with Crippen molar-refractivity contribution in [2.24, 2.45) is 0 Å². The van der Waals surface area contributed by atoms with Gasteiger partial charge in [0.25, 0.3) is 0 Å². The second-order valence-electron chi connectivity index (χ2n) is 1.95. The first-order valence-electron chi connectivity index (χ1n) is 2.93. The van der Waals surface area contributed by atoms with Crippen LogP contribution in [0.4, 0.5) is 0 Å². The van der Waals surface area contributed by atoms with Crippen LogP contribution >= 0.6 is 0 Å². The molecule has 1 heterocycles. The van der Waals surface area contributed by atoms with E-state index in [1.54, 1.807) is 18.2 Å². The molecule has 0 aliphatic carbocycles. The molecular weight excluding hydrogens is 116 g/mol. The van der Waals surface area contributed by atoms with Crippen LogP contribution in [-0.4, -0.2) is 23.9 Å². The Labute approximate surface area is 54.5 Å². The van der Waals surface area contributed by atoms with Crippen molar-refractivity contribution in [3.63, 3.8) is 0 Å². The maximum atomic E-state index is 9.09.